The number of carbonyl (C=O) groups is 1. The fourth-order valence-corrected chi connectivity index (χ4v) is 4.26. The lowest BCUT2D eigenvalue weighted by Crippen LogP contribution is -2.49. The third-order valence-electron chi connectivity index (χ3n) is 4.10. The lowest BCUT2D eigenvalue weighted by molar-refractivity contribution is -0.131. The zero-order chi connectivity index (χ0) is 17.9. The van der Waals surface area contributed by atoms with Gasteiger partial charge in [-0.05, 0) is 31.0 Å². The minimum Gasteiger partial charge on any atom is -0.495 e. The summed E-state index contributed by atoms with van der Waals surface area (Å²) in [7, 11) is -0.945. The van der Waals surface area contributed by atoms with Gasteiger partial charge in [-0.3, -0.25) is 4.79 Å². The molecule has 1 aromatic rings. The van der Waals surface area contributed by atoms with Gasteiger partial charge in [-0.1, -0.05) is 6.07 Å². The summed E-state index contributed by atoms with van der Waals surface area (Å²) in [6, 6.07) is 3.44. The van der Waals surface area contributed by atoms with E-state index in [9.17, 15) is 13.2 Å². The summed E-state index contributed by atoms with van der Waals surface area (Å²) < 4.78 is 32.2. The molecule has 1 heterocycles. The highest BCUT2D eigenvalue weighted by Crippen LogP contribution is 2.30. The number of hydrogen-bond acceptors (Lipinski definition) is 5. The van der Waals surface area contributed by atoms with Crippen molar-refractivity contribution in [2.75, 3.05) is 46.9 Å². The third-order valence-corrected chi connectivity index (χ3v) is 5.91. The average molecular weight is 392 g/mol. The van der Waals surface area contributed by atoms with Crippen LogP contribution in [-0.2, 0) is 14.8 Å². The van der Waals surface area contributed by atoms with E-state index in [0.29, 0.717) is 18.8 Å². The van der Waals surface area contributed by atoms with Crippen LogP contribution in [0.5, 0.6) is 5.75 Å². The first-order valence-electron chi connectivity index (χ1n) is 7.87. The van der Waals surface area contributed by atoms with Crippen molar-refractivity contribution in [1.29, 1.82) is 0 Å². The van der Waals surface area contributed by atoms with E-state index in [-0.39, 0.29) is 29.8 Å². The first kappa shape index (κ1) is 21.7. The number of carbonyl (C=O) groups excluding carboxylic acids is 1. The normalized spacial score (nSPS) is 15.0. The van der Waals surface area contributed by atoms with Crippen molar-refractivity contribution in [2.24, 2.45) is 0 Å². The standard InChI is InChI=1S/C16H25N3O4S.ClH/c1-12-9-13(2)16(23-4)14(10-12)24(21,22)18(3)11-15(20)19-7-5-17-6-8-19;/h9-10,17H,5-8,11H2,1-4H3;1H. The van der Waals surface area contributed by atoms with Crippen LogP contribution >= 0.6 is 12.4 Å². The van der Waals surface area contributed by atoms with Crippen LogP contribution in [0.4, 0.5) is 0 Å². The molecule has 1 N–H and O–H groups in total. The Morgan fingerprint density at radius 1 is 1.28 bits per heavy atom. The van der Waals surface area contributed by atoms with Gasteiger partial charge in [0.15, 0.2) is 0 Å². The SMILES string of the molecule is COc1c(C)cc(C)cc1S(=O)(=O)N(C)CC(=O)N1CCNCC1.Cl. The zero-order valence-corrected chi connectivity index (χ0v) is 16.7. The molecule has 1 amide bonds. The number of nitrogens with zero attached hydrogens (tertiary/aromatic N) is 2. The molecule has 1 aliphatic rings. The zero-order valence-electron chi connectivity index (χ0n) is 15.0. The van der Waals surface area contributed by atoms with Crippen molar-refractivity contribution in [2.45, 2.75) is 18.7 Å². The van der Waals surface area contributed by atoms with Crippen molar-refractivity contribution in [1.82, 2.24) is 14.5 Å². The highest BCUT2D eigenvalue weighted by Gasteiger charge is 2.29. The van der Waals surface area contributed by atoms with Crippen LogP contribution in [0.15, 0.2) is 17.0 Å². The van der Waals surface area contributed by atoms with Gasteiger partial charge >= 0.3 is 0 Å². The van der Waals surface area contributed by atoms with Gasteiger partial charge in [0.05, 0.1) is 13.7 Å². The van der Waals surface area contributed by atoms with Crippen LogP contribution in [0.25, 0.3) is 0 Å². The summed E-state index contributed by atoms with van der Waals surface area (Å²) in [5.41, 5.74) is 1.58. The summed E-state index contributed by atoms with van der Waals surface area (Å²) in [5.74, 6) is 0.132. The van der Waals surface area contributed by atoms with Crippen LogP contribution in [0, 0.1) is 13.8 Å². The number of rotatable bonds is 5. The lowest BCUT2D eigenvalue weighted by atomic mass is 10.1. The Morgan fingerprint density at radius 3 is 2.44 bits per heavy atom. The van der Waals surface area contributed by atoms with Gasteiger partial charge in [-0.2, -0.15) is 4.31 Å². The molecule has 1 aliphatic heterocycles. The second kappa shape index (κ2) is 8.84. The topological polar surface area (TPSA) is 79.0 Å². The molecule has 0 radical (unpaired) electrons. The third kappa shape index (κ3) is 4.84. The van der Waals surface area contributed by atoms with E-state index in [4.69, 9.17) is 4.74 Å². The van der Waals surface area contributed by atoms with Crippen molar-refractivity contribution in [3.05, 3.63) is 23.3 Å². The number of halogens is 1. The van der Waals surface area contributed by atoms with Crippen LogP contribution < -0.4 is 10.1 Å². The van der Waals surface area contributed by atoms with E-state index in [2.05, 4.69) is 5.32 Å². The van der Waals surface area contributed by atoms with E-state index < -0.39 is 10.0 Å². The molecular formula is C16H26ClN3O4S. The summed E-state index contributed by atoms with van der Waals surface area (Å²) >= 11 is 0. The number of likely N-dealkylation sites (N-methyl/N-ethyl adjacent to an activating group) is 1. The van der Waals surface area contributed by atoms with Gasteiger partial charge in [0, 0.05) is 33.2 Å². The number of ether oxygens (including phenoxy) is 1. The van der Waals surface area contributed by atoms with Gasteiger partial charge in [0.25, 0.3) is 0 Å². The second-order valence-corrected chi connectivity index (χ2v) is 8.02. The molecule has 7 nitrogen and oxygen atoms in total. The highest BCUT2D eigenvalue weighted by atomic mass is 35.5. The Bertz CT molecular complexity index is 718. The van der Waals surface area contributed by atoms with Crippen LogP contribution in [-0.4, -0.2) is 70.4 Å². The van der Waals surface area contributed by atoms with Crippen molar-refractivity contribution in [3.63, 3.8) is 0 Å². The largest absolute Gasteiger partial charge is 0.495 e. The molecule has 0 bridgehead atoms. The van der Waals surface area contributed by atoms with Gasteiger partial charge in [-0.25, -0.2) is 8.42 Å². The molecule has 1 aromatic carbocycles. The van der Waals surface area contributed by atoms with E-state index >= 15 is 0 Å². The fraction of sp³-hybridized carbons (Fsp3) is 0.562. The Balaban J connectivity index is 0.00000312. The molecule has 1 saturated heterocycles. The number of sulfonamides is 1. The fourth-order valence-electron chi connectivity index (χ4n) is 2.83. The Kier molecular flexibility index (Phi) is 7.67. The molecule has 0 spiro atoms. The molecule has 0 unspecified atom stereocenters. The van der Waals surface area contributed by atoms with E-state index in [1.165, 1.54) is 14.2 Å². The van der Waals surface area contributed by atoms with Crippen molar-refractivity contribution < 1.29 is 17.9 Å². The average Bonchev–Trinajstić information content (AvgIpc) is 2.54. The summed E-state index contributed by atoms with van der Waals surface area (Å²) in [6.07, 6.45) is 0. The van der Waals surface area contributed by atoms with Gasteiger partial charge < -0.3 is 15.0 Å². The first-order valence-corrected chi connectivity index (χ1v) is 9.31. The maximum Gasteiger partial charge on any atom is 0.246 e. The summed E-state index contributed by atoms with van der Waals surface area (Å²) in [5, 5.41) is 3.16. The number of piperazine rings is 1. The first-order chi connectivity index (χ1) is 11.3. The number of amides is 1. The maximum atomic E-state index is 12.9. The number of benzene rings is 1. The van der Waals surface area contributed by atoms with Crippen LogP contribution in [0.1, 0.15) is 11.1 Å². The van der Waals surface area contributed by atoms with Gasteiger partial charge in [0.2, 0.25) is 15.9 Å². The quantitative estimate of drug-likeness (QED) is 0.802. The van der Waals surface area contributed by atoms with Crippen LogP contribution in [0.2, 0.25) is 0 Å². The Morgan fingerprint density at radius 2 is 1.88 bits per heavy atom. The number of nitrogens with one attached hydrogen (secondary N) is 1. The highest BCUT2D eigenvalue weighted by molar-refractivity contribution is 7.89. The molecular weight excluding hydrogens is 366 g/mol. The second-order valence-electron chi connectivity index (χ2n) is 6.01. The number of aryl methyl sites for hydroxylation is 2. The molecule has 142 valence electrons. The van der Waals surface area contributed by atoms with Crippen LogP contribution in [0.3, 0.4) is 0 Å². The number of hydrogen-bond donors (Lipinski definition) is 1. The molecule has 0 atom stereocenters. The van der Waals surface area contributed by atoms with E-state index in [0.717, 1.165) is 28.5 Å². The molecule has 9 heteroatoms. The smallest absolute Gasteiger partial charge is 0.246 e. The van der Waals surface area contributed by atoms with Gasteiger partial charge in [-0.15, -0.1) is 12.4 Å². The Hall–Kier alpha value is -1.35. The molecule has 1 fully saturated rings. The van der Waals surface area contributed by atoms with Crippen molar-refractivity contribution in [3.8, 4) is 5.75 Å². The van der Waals surface area contributed by atoms with Crippen molar-refractivity contribution >= 4 is 28.3 Å². The molecule has 0 aromatic heterocycles. The van der Waals surface area contributed by atoms with E-state index in [1.807, 2.05) is 13.0 Å². The van der Waals surface area contributed by atoms with E-state index in [1.54, 1.807) is 17.9 Å². The van der Waals surface area contributed by atoms with Gasteiger partial charge in [0.1, 0.15) is 10.6 Å². The minimum atomic E-state index is -3.82. The maximum absolute atomic E-state index is 12.9. The predicted molar refractivity (Wildman–Crippen MR) is 99.0 cm³/mol. The molecule has 25 heavy (non-hydrogen) atoms. The molecule has 0 saturated carbocycles. The Labute approximate surface area is 155 Å². The monoisotopic (exact) mass is 391 g/mol. The summed E-state index contributed by atoms with van der Waals surface area (Å²) in [4.78, 5) is 14.1. The minimum absolute atomic E-state index is 0. The molecule has 2 rings (SSSR count). The number of methoxy groups -OCH3 is 1. The molecule has 0 aliphatic carbocycles. The summed E-state index contributed by atoms with van der Waals surface area (Å²) in [6.45, 7) is 6.10. The lowest BCUT2D eigenvalue weighted by Gasteiger charge is -2.29. The predicted octanol–water partition coefficient (Wildman–Crippen LogP) is 0.786.